The van der Waals surface area contributed by atoms with Crippen LogP contribution in [0.1, 0.15) is 25.8 Å². The van der Waals surface area contributed by atoms with Gasteiger partial charge in [-0.2, -0.15) is 0 Å². The number of aromatic hydroxyl groups is 1. The van der Waals surface area contributed by atoms with E-state index in [1.807, 2.05) is 17.0 Å². The molecule has 2 rings (SSSR count). The summed E-state index contributed by atoms with van der Waals surface area (Å²) in [6, 6.07) is 7.88. The molecule has 1 amide bonds. The van der Waals surface area contributed by atoms with Crippen LogP contribution in [0.5, 0.6) is 5.75 Å². The van der Waals surface area contributed by atoms with E-state index in [2.05, 4.69) is 11.8 Å². The van der Waals surface area contributed by atoms with Crippen molar-refractivity contribution < 1.29 is 9.90 Å². The maximum atomic E-state index is 11.4. The highest BCUT2D eigenvalue weighted by atomic mass is 16.3. The van der Waals surface area contributed by atoms with Gasteiger partial charge in [-0.3, -0.25) is 9.69 Å². The van der Waals surface area contributed by atoms with E-state index in [4.69, 9.17) is 0 Å². The van der Waals surface area contributed by atoms with Gasteiger partial charge in [0.2, 0.25) is 5.91 Å². The summed E-state index contributed by atoms with van der Waals surface area (Å²) in [7, 11) is 0. The van der Waals surface area contributed by atoms with Gasteiger partial charge in [-0.15, -0.1) is 0 Å². The number of carbonyl (C=O) groups is 1. The number of benzene rings is 1. The number of hydrogen-bond acceptors (Lipinski definition) is 3. The first-order valence-corrected chi connectivity index (χ1v) is 7.33. The lowest BCUT2D eigenvalue weighted by molar-refractivity contribution is -0.128. The number of rotatable bonds is 3. The molecule has 110 valence electrons. The summed E-state index contributed by atoms with van der Waals surface area (Å²) in [5, 5.41) is 9.31. The first-order valence-electron chi connectivity index (χ1n) is 7.33. The quantitative estimate of drug-likeness (QED) is 0.916. The van der Waals surface area contributed by atoms with Crippen molar-refractivity contribution >= 4 is 5.91 Å². The maximum absolute atomic E-state index is 11.4. The fourth-order valence-electron chi connectivity index (χ4n) is 2.80. The maximum Gasteiger partial charge on any atom is 0.219 e. The molecular weight excluding hydrogens is 252 g/mol. The second kappa shape index (κ2) is 6.75. The predicted molar refractivity (Wildman–Crippen MR) is 79.7 cm³/mol. The Morgan fingerprint density at radius 3 is 2.55 bits per heavy atom. The lowest BCUT2D eigenvalue weighted by atomic mass is 10.1. The molecule has 0 spiro atoms. The average Bonchev–Trinajstić information content (AvgIpc) is 2.67. The smallest absolute Gasteiger partial charge is 0.219 e. The number of amides is 1. The molecule has 0 aliphatic carbocycles. The third-order valence-corrected chi connectivity index (χ3v) is 4.07. The van der Waals surface area contributed by atoms with E-state index in [9.17, 15) is 9.90 Å². The number of phenolic OH excluding ortho intramolecular Hbond substituents is 1. The molecule has 20 heavy (non-hydrogen) atoms. The number of nitrogens with zero attached hydrogens (tertiary/aromatic N) is 2. The van der Waals surface area contributed by atoms with Gasteiger partial charge in [0, 0.05) is 39.1 Å². The molecule has 1 aromatic rings. The first-order chi connectivity index (χ1) is 9.56. The van der Waals surface area contributed by atoms with Crippen LogP contribution in [0.15, 0.2) is 24.3 Å². The Bertz CT molecular complexity index is 444. The second-order valence-electron chi connectivity index (χ2n) is 5.62. The Balaban J connectivity index is 1.90. The predicted octanol–water partition coefficient (Wildman–Crippen LogP) is 1.88. The van der Waals surface area contributed by atoms with Crippen LogP contribution in [0, 0.1) is 0 Å². The molecule has 1 aromatic carbocycles. The van der Waals surface area contributed by atoms with Gasteiger partial charge in [0.1, 0.15) is 5.75 Å². The molecule has 0 bridgehead atoms. The summed E-state index contributed by atoms with van der Waals surface area (Å²) in [6.45, 7) is 7.57. The van der Waals surface area contributed by atoms with Crippen LogP contribution in [-0.2, 0) is 11.2 Å². The van der Waals surface area contributed by atoms with Gasteiger partial charge in [-0.25, -0.2) is 0 Å². The first kappa shape index (κ1) is 14.9. The highest BCUT2D eigenvalue weighted by Gasteiger charge is 2.20. The summed E-state index contributed by atoms with van der Waals surface area (Å²) >= 11 is 0. The number of carbonyl (C=O) groups excluding carboxylic acids is 1. The summed E-state index contributed by atoms with van der Waals surface area (Å²) in [4.78, 5) is 15.8. The van der Waals surface area contributed by atoms with Crippen LogP contribution in [0.3, 0.4) is 0 Å². The number of phenols is 1. The van der Waals surface area contributed by atoms with Gasteiger partial charge in [-0.05, 0) is 37.5 Å². The summed E-state index contributed by atoms with van der Waals surface area (Å²) in [5.41, 5.74) is 1.24. The Morgan fingerprint density at radius 1 is 1.20 bits per heavy atom. The molecule has 1 unspecified atom stereocenters. The van der Waals surface area contributed by atoms with E-state index < -0.39 is 0 Å². The van der Waals surface area contributed by atoms with Gasteiger partial charge in [-0.1, -0.05) is 12.1 Å². The van der Waals surface area contributed by atoms with Crippen molar-refractivity contribution in [2.75, 3.05) is 26.2 Å². The summed E-state index contributed by atoms with van der Waals surface area (Å²) in [6.07, 6.45) is 2.01. The van der Waals surface area contributed by atoms with Crippen LogP contribution in [0.4, 0.5) is 0 Å². The zero-order chi connectivity index (χ0) is 14.5. The Kier molecular flexibility index (Phi) is 5.01. The van der Waals surface area contributed by atoms with Crippen molar-refractivity contribution in [1.29, 1.82) is 0 Å². The van der Waals surface area contributed by atoms with E-state index in [-0.39, 0.29) is 5.91 Å². The second-order valence-corrected chi connectivity index (χ2v) is 5.62. The van der Waals surface area contributed by atoms with Crippen LogP contribution in [0.25, 0.3) is 0 Å². The minimum atomic E-state index is 0.179. The van der Waals surface area contributed by atoms with Crippen molar-refractivity contribution in [2.45, 2.75) is 32.7 Å². The van der Waals surface area contributed by atoms with Crippen LogP contribution in [0.2, 0.25) is 0 Å². The standard InChI is InChI=1S/C16H24N2O2/c1-13(12-15-4-6-16(20)7-5-15)17-8-3-9-18(11-10-17)14(2)19/h4-7,13,20H,3,8-12H2,1-2H3. The van der Waals surface area contributed by atoms with Gasteiger partial charge < -0.3 is 10.0 Å². The van der Waals surface area contributed by atoms with E-state index in [1.165, 1.54) is 5.56 Å². The molecule has 4 heteroatoms. The highest BCUT2D eigenvalue weighted by Crippen LogP contribution is 2.15. The lowest BCUT2D eigenvalue weighted by Crippen LogP contribution is -2.38. The molecule has 0 radical (unpaired) electrons. The molecule has 1 heterocycles. The van der Waals surface area contributed by atoms with E-state index >= 15 is 0 Å². The van der Waals surface area contributed by atoms with Crippen LogP contribution < -0.4 is 0 Å². The monoisotopic (exact) mass is 276 g/mol. The van der Waals surface area contributed by atoms with Crippen LogP contribution >= 0.6 is 0 Å². The Morgan fingerprint density at radius 2 is 1.90 bits per heavy atom. The zero-order valence-electron chi connectivity index (χ0n) is 12.4. The lowest BCUT2D eigenvalue weighted by Gasteiger charge is -2.27. The third-order valence-electron chi connectivity index (χ3n) is 4.07. The summed E-state index contributed by atoms with van der Waals surface area (Å²) < 4.78 is 0. The average molecular weight is 276 g/mol. The van der Waals surface area contributed by atoms with Gasteiger partial charge in [0.05, 0.1) is 0 Å². The van der Waals surface area contributed by atoms with Crippen molar-refractivity contribution in [3.8, 4) is 5.75 Å². The van der Waals surface area contributed by atoms with E-state index in [0.717, 1.165) is 39.0 Å². The van der Waals surface area contributed by atoms with Crippen molar-refractivity contribution in [1.82, 2.24) is 9.80 Å². The molecular formula is C16H24N2O2. The largest absolute Gasteiger partial charge is 0.508 e. The normalized spacial score (nSPS) is 18.6. The van der Waals surface area contributed by atoms with E-state index in [0.29, 0.717) is 11.8 Å². The minimum absolute atomic E-state index is 0.179. The van der Waals surface area contributed by atoms with E-state index in [1.54, 1.807) is 19.1 Å². The molecule has 1 aliphatic rings. The molecule has 1 atom stereocenters. The molecule has 1 N–H and O–H groups in total. The fourth-order valence-corrected chi connectivity index (χ4v) is 2.80. The van der Waals surface area contributed by atoms with Gasteiger partial charge in [0.15, 0.2) is 0 Å². The van der Waals surface area contributed by atoms with Crippen molar-refractivity contribution in [2.24, 2.45) is 0 Å². The molecule has 1 aliphatic heterocycles. The SMILES string of the molecule is CC(=O)N1CCCN(C(C)Cc2ccc(O)cc2)CC1. The molecule has 1 fully saturated rings. The number of hydrogen-bond donors (Lipinski definition) is 1. The van der Waals surface area contributed by atoms with Crippen LogP contribution in [-0.4, -0.2) is 53.0 Å². The molecule has 0 saturated carbocycles. The Labute approximate surface area is 121 Å². The highest BCUT2D eigenvalue weighted by molar-refractivity contribution is 5.73. The zero-order valence-corrected chi connectivity index (χ0v) is 12.4. The molecule has 4 nitrogen and oxygen atoms in total. The summed E-state index contributed by atoms with van der Waals surface area (Å²) in [5.74, 6) is 0.492. The molecule has 1 saturated heterocycles. The minimum Gasteiger partial charge on any atom is -0.508 e. The molecule has 0 aromatic heterocycles. The van der Waals surface area contributed by atoms with Gasteiger partial charge in [0.25, 0.3) is 0 Å². The fraction of sp³-hybridized carbons (Fsp3) is 0.562. The van der Waals surface area contributed by atoms with Crippen molar-refractivity contribution in [3.63, 3.8) is 0 Å². The Hall–Kier alpha value is -1.55. The van der Waals surface area contributed by atoms with Gasteiger partial charge >= 0.3 is 0 Å². The topological polar surface area (TPSA) is 43.8 Å². The van der Waals surface area contributed by atoms with Crippen molar-refractivity contribution in [3.05, 3.63) is 29.8 Å². The third kappa shape index (κ3) is 3.97.